The standard InChI is InChI=1S/C14H14N2O2S/c1-5-6-16-13(17)12(19-14(16)18)8-11-7-9(2)15(4)10(11)3/h1,7-8H,6H2,2-4H3/b12-8+. The van der Waals surface area contributed by atoms with E-state index in [0.29, 0.717) is 4.91 Å². The van der Waals surface area contributed by atoms with Crippen LogP contribution in [0.2, 0.25) is 0 Å². The molecule has 1 aromatic heterocycles. The summed E-state index contributed by atoms with van der Waals surface area (Å²) in [6.45, 7) is 3.99. The van der Waals surface area contributed by atoms with E-state index in [9.17, 15) is 9.59 Å². The summed E-state index contributed by atoms with van der Waals surface area (Å²) in [6.07, 6.45) is 6.90. The van der Waals surface area contributed by atoms with Crippen LogP contribution < -0.4 is 0 Å². The number of carbonyl (C=O) groups excluding carboxylic acids is 2. The van der Waals surface area contributed by atoms with E-state index in [1.54, 1.807) is 6.08 Å². The molecule has 0 bridgehead atoms. The number of hydrogen-bond donors (Lipinski definition) is 0. The highest BCUT2D eigenvalue weighted by atomic mass is 32.2. The molecule has 0 spiro atoms. The molecule has 1 aliphatic heterocycles. The van der Waals surface area contributed by atoms with E-state index >= 15 is 0 Å². The number of aryl methyl sites for hydroxylation is 1. The molecule has 0 unspecified atom stereocenters. The molecule has 1 aliphatic rings. The smallest absolute Gasteiger partial charge is 0.294 e. The Bertz CT molecular complexity index is 635. The Morgan fingerprint density at radius 3 is 2.63 bits per heavy atom. The molecule has 0 aliphatic carbocycles. The summed E-state index contributed by atoms with van der Waals surface area (Å²) in [4.78, 5) is 25.2. The number of amides is 2. The second-order valence-electron chi connectivity index (χ2n) is 4.36. The summed E-state index contributed by atoms with van der Waals surface area (Å²) in [7, 11) is 1.96. The van der Waals surface area contributed by atoms with E-state index < -0.39 is 0 Å². The lowest BCUT2D eigenvalue weighted by atomic mass is 10.2. The van der Waals surface area contributed by atoms with E-state index in [0.717, 1.165) is 33.6 Å². The van der Waals surface area contributed by atoms with Crippen molar-refractivity contribution in [2.75, 3.05) is 6.54 Å². The first-order chi connectivity index (χ1) is 8.95. The topological polar surface area (TPSA) is 42.3 Å². The van der Waals surface area contributed by atoms with Gasteiger partial charge in [-0.3, -0.25) is 14.5 Å². The average molecular weight is 274 g/mol. The summed E-state index contributed by atoms with van der Waals surface area (Å²) in [6, 6.07) is 1.99. The molecule has 5 heteroatoms. The van der Waals surface area contributed by atoms with E-state index in [2.05, 4.69) is 5.92 Å². The third kappa shape index (κ3) is 2.32. The van der Waals surface area contributed by atoms with Gasteiger partial charge in [0.1, 0.15) is 0 Å². The van der Waals surface area contributed by atoms with Crippen molar-refractivity contribution >= 4 is 29.0 Å². The maximum atomic E-state index is 12.0. The van der Waals surface area contributed by atoms with Crippen molar-refractivity contribution in [2.24, 2.45) is 7.05 Å². The molecule has 0 aromatic carbocycles. The van der Waals surface area contributed by atoms with Crippen LogP contribution in [0.3, 0.4) is 0 Å². The molecule has 1 aromatic rings. The Labute approximate surface area is 116 Å². The highest BCUT2D eigenvalue weighted by Gasteiger charge is 2.34. The minimum Gasteiger partial charge on any atom is -0.352 e. The first-order valence-electron chi connectivity index (χ1n) is 5.77. The number of hydrogen-bond acceptors (Lipinski definition) is 3. The Balaban J connectivity index is 2.35. The fourth-order valence-electron chi connectivity index (χ4n) is 1.90. The van der Waals surface area contributed by atoms with Crippen LogP contribution in [0.4, 0.5) is 4.79 Å². The molecule has 1 fully saturated rings. The van der Waals surface area contributed by atoms with Crippen molar-refractivity contribution in [3.8, 4) is 12.3 Å². The van der Waals surface area contributed by atoms with Crippen LogP contribution in [0.15, 0.2) is 11.0 Å². The predicted octanol–water partition coefficient (Wildman–Crippen LogP) is 2.31. The molecule has 19 heavy (non-hydrogen) atoms. The average Bonchev–Trinajstić information content (AvgIpc) is 2.76. The normalized spacial score (nSPS) is 17.4. The van der Waals surface area contributed by atoms with E-state index in [4.69, 9.17) is 6.42 Å². The first-order valence-corrected chi connectivity index (χ1v) is 6.59. The number of thioether (sulfide) groups is 1. The summed E-state index contributed by atoms with van der Waals surface area (Å²) in [5.41, 5.74) is 3.11. The van der Waals surface area contributed by atoms with Crippen molar-refractivity contribution < 1.29 is 9.59 Å². The molecular formula is C14H14N2O2S. The molecule has 2 amide bonds. The molecule has 0 saturated carbocycles. The second kappa shape index (κ2) is 4.98. The monoisotopic (exact) mass is 274 g/mol. The maximum Gasteiger partial charge on any atom is 0.294 e. The lowest BCUT2D eigenvalue weighted by Gasteiger charge is -2.06. The predicted molar refractivity (Wildman–Crippen MR) is 76.4 cm³/mol. The lowest BCUT2D eigenvalue weighted by molar-refractivity contribution is -0.122. The van der Waals surface area contributed by atoms with Gasteiger partial charge >= 0.3 is 0 Å². The van der Waals surface area contributed by atoms with E-state index in [1.807, 2.05) is 31.5 Å². The zero-order valence-electron chi connectivity index (χ0n) is 11.1. The van der Waals surface area contributed by atoms with Gasteiger partial charge in [-0.15, -0.1) is 6.42 Å². The van der Waals surface area contributed by atoms with Crippen LogP contribution in [0.1, 0.15) is 17.0 Å². The van der Waals surface area contributed by atoms with Crippen LogP contribution in [0, 0.1) is 26.2 Å². The van der Waals surface area contributed by atoms with Crippen LogP contribution in [-0.4, -0.2) is 27.2 Å². The van der Waals surface area contributed by atoms with Crippen molar-refractivity contribution in [3.05, 3.63) is 27.9 Å². The molecule has 0 atom stereocenters. The van der Waals surface area contributed by atoms with Gasteiger partial charge in [0.15, 0.2) is 0 Å². The SMILES string of the molecule is C#CCN1C(=O)S/C(=C/c2cc(C)n(C)c2C)C1=O. The Morgan fingerprint density at radius 2 is 2.11 bits per heavy atom. The van der Waals surface area contributed by atoms with Crippen LogP contribution in [0.25, 0.3) is 6.08 Å². The van der Waals surface area contributed by atoms with Gasteiger partial charge in [-0.2, -0.15) is 0 Å². The molecule has 2 heterocycles. The van der Waals surface area contributed by atoms with Crippen molar-refractivity contribution in [3.63, 3.8) is 0 Å². The number of terminal acetylenes is 1. The van der Waals surface area contributed by atoms with Gasteiger partial charge in [0.05, 0.1) is 11.4 Å². The van der Waals surface area contributed by atoms with Gasteiger partial charge in [-0.25, -0.2) is 0 Å². The summed E-state index contributed by atoms with van der Waals surface area (Å²) < 4.78 is 2.04. The van der Waals surface area contributed by atoms with Gasteiger partial charge in [0.2, 0.25) is 0 Å². The molecule has 1 saturated heterocycles. The number of aromatic nitrogens is 1. The Kier molecular flexibility index (Phi) is 3.54. The van der Waals surface area contributed by atoms with Gasteiger partial charge in [0, 0.05) is 18.4 Å². The van der Waals surface area contributed by atoms with E-state index in [-0.39, 0.29) is 17.7 Å². The van der Waals surface area contributed by atoms with Gasteiger partial charge < -0.3 is 4.57 Å². The van der Waals surface area contributed by atoms with Gasteiger partial charge in [0.25, 0.3) is 11.1 Å². The number of rotatable bonds is 2. The number of carbonyl (C=O) groups is 2. The third-order valence-corrected chi connectivity index (χ3v) is 4.13. The van der Waals surface area contributed by atoms with E-state index in [1.165, 1.54) is 0 Å². The number of imide groups is 1. The van der Waals surface area contributed by atoms with Gasteiger partial charge in [-0.05, 0) is 43.3 Å². The van der Waals surface area contributed by atoms with Crippen molar-refractivity contribution in [1.82, 2.24) is 9.47 Å². The Morgan fingerprint density at radius 1 is 1.42 bits per heavy atom. The maximum absolute atomic E-state index is 12.0. The highest BCUT2D eigenvalue weighted by molar-refractivity contribution is 8.18. The minimum absolute atomic E-state index is 0.0226. The number of nitrogens with zero attached hydrogens (tertiary/aromatic N) is 2. The Hall–Kier alpha value is -1.93. The molecule has 2 rings (SSSR count). The fourth-order valence-corrected chi connectivity index (χ4v) is 2.73. The molecule has 0 N–H and O–H groups in total. The van der Waals surface area contributed by atoms with Crippen LogP contribution in [0.5, 0.6) is 0 Å². The molecule has 0 radical (unpaired) electrons. The minimum atomic E-state index is -0.311. The summed E-state index contributed by atoms with van der Waals surface area (Å²) in [5, 5.41) is -0.306. The molecular weight excluding hydrogens is 260 g/mol. The largest absolute Gasteiger partial charge is 0.352 e. The zero-order valence-corrected chi connectivity index (χ0v) is 11.9. The molecule has 98 valence electrons. The first kappa shape index (κ1) is 13.5. The quantitative estimate of drug-likeness (QED) is 0.614. The van der Waals surface area contributed by atoms with Crippen molar-refractivity contribution in [1.29, 1.82) is 0 Å². The molecule has 4 nitrogen and oxygen atoms in total. The van der Waals surface area contributed by atoms with Crippen molar-refractivity contribution in [2.45, 2.75) is 13.8 Å². The van der Waals surface area contributed by atoms with Gasteiger partial charge in [-0.1, -0.05) is 5.92 Å². The summed E-state index contributed by atoms with van der Waals surface area (Å²) >= 11 is 0.934. The lowest BCUT2D eigenvalue weighted by Crippen LogP contribution is -2.28. The zero-order chi connectivity index (χ0) is 14.2. The highest BCUT2D eigenvalue weighted by Crippen LogP contribution is 2.32. The fraction of sp³-hybridized carbons (Fsp3) is 0.286. The van der Waals surface area contributed by atoms with Crippen LogP contribution in [-0.2, 0) is 11.8 Å². The second-order valence-corrected chi connectivity index (χ2v) is 5.35. The summed E-state index contributed by atoms with van der Waals surface area (Å²) in [5.74, 6) is 2.01. The van der Waals surface area contributed by atoms with Crippen LogP contribution >= 0.6 is 11.8 Å². The third-order valence-electron chi connectivity index (χ3n) is 3.22.